The minimum Gasteiger partial charge on any atom is -0.339 e. The Morgan fingerprint density at radius 3 is 2.89 bits per heavy atom. The molecule has 2 atom stereocenters. The molecule has 1 heterocycles. The quantitative estimate of drug-likeness (QED) is 0.909. The molecule has 2 N–H and O–H groups in total. The first kappa shape index (κ1) is 13.4. The van der Waals surface area contributed by atoms with Gasteiger partial charge < -0.3 is 10.6 Å². The average molecular weight is 264 g/mol. The van der Waals surface area contributed by atoms with Crippen LogP contribution in [0.1, 0.15) is 24.9 Å². The van der Waals surface area contributed by atoms with E-state index in [0.29, 0.717) is 5.25 Å². The Labute approximate surface area is 113 Å². The van der Waals surface area contributed by atoms with E-state index >= 15 is 0 Å². The Morgan fingerprint density at radius 1 is 1.50 bits per heavy atom. The summed E-state index contributed by atoms with van der Waals surface area (Å²) in [6.07, 6.45) is 1.11. The van der Waals surface area contributed by atoms with Crippen molar-refractivity contribution in [3.63, 3.8) is 0 Å². The van der Waals surface area contributed by atoms with Gasteiger partial charge in [-0.3, -0.25) is 4.79 Å². The summed E-state index contributed by atoms with van der Waals surface area (Å²) in [5.41, 5.74) is 6.96. The number of benzene rings is 1. The third-order valence-electron chi connectivity index (χ3n) is 3.33. The lowest BCUT2D eigenvalue weighted by Crippen LogP contribution is -2.45. The highest BCUT2D eigenvalue weighted by Gasteiger charge is 2.27. The molecule has 1 aliphatic rings. The van der Waals surface area contributed by atoms with Crippen molar-refractivity contribution >= 4 is 17.7 Å². The fourth-order valence-electron chi connectivity index (χ4n) is 2.17. The van der Waals surface area contributed by atoms with Crippen molar-refractivity contribution in [3.8, 4) is 0 Å². The van der Waals surface area contributed by atoms with Crippen molar-refractivity contribution in [2.45, 2.75) is 24.6 Å². The molecule has 1 aromatic rings. The molecule has 0 saturated carbocycles. The number of hydrogen-bond donors (Lipinski definition) is 1. The molecule has 0 bridgehead atoms. The number of nitrogens with zero attached hydrogens (tertiary/aromatic N) is 1. The predicted molar refractivity (Wildman–Crippen MR) is 76.5 cm³/mol. The molecular weight excluding hydrogens is 244 g/mol. The molecule has 1 saturated heterocycles. The van der Waals surface area contributed by atoms with Crippen LogP contribution in [0.4, 0.5) is 0 Å². The Hall–Kier alpha value is -1.00. The molecule has 1 aromatic carbocycles. The molecule has 0 aliphatic carbocycles. The van der Waals surface area contributed by atoms with E-state index in [1.807, 2.05) is 47.0 Å². The van der Waals surface area contributed by atoms with Crippen LogP contribution in [0.25, 0.3) is 0 Å². The van der Waals surface area contributed by atoms with Gasteiger partial charge in [0.05, 0.1) is 0 Å². The van der Waals surface area contributed by atoms with Crippen LogP contribution in [0.3, 0.4) is 0 Å². The topological polar surface area (TPSA) is 46.3 Å². The van der Waals surface area contributed by atoms with E-state index in [1.54, 1.807) is 0 Å². The number of carbonyl (C=O) groups excluding carboxylic acids is 1. The lowest BCUT2D eigenvalue weighted by Gasteiger charge is -2.33. The van der Waals surface area contributed by atoms with Crippen molar-refractivity contribution in [1.29, 1.82) is 0 Å². The normalized spacial score (nSPS) is 21.7. The van der Waals surface area contributed by atoms with E-state index in [1.165, 1.54) is 0 Å². The van der Waals surface area contributed by atoms with Crippen LogP contribution in [-0.4, -0.2) is 34.9 Å². The molecule has 0 radical (unpaired) electrons. The minimum atomic E-state index is -0.521. The smallest absolute Gasteiger partial charge is 0.244 e. The molecule has 0 spiro atoms. The number of amides is 1. The van der Waals surface area contributed by atoms with Crippen LogP contribution in [0.15, 0.2) is 30.3 Å². The van der Waals surface area contributed by atoms with Crippen molar-refractivity contribution in [2.24, 2.45) is 5.73 Å². The van der Waals surface area contributed by atoms with Gasteiger partial charge in [0.1, 0.15) is 6.04 Å². The maximum Gasteiger partial charge on any atom is 0.244 e. The van der Waals surface area contributed by atoms with Crippen LogP contribution >= 0.6 is 11.8 Å². The lowest BCUT2D eigenvalue weighted by atomic mass is 10.1. The largest absolute Gasteiger partial charge is 0.339 e. The standard InChI is InChI=1S/C14H20N2OS/c1-2-12-10-16(8-9-18-12)14(17)13(15)11-6-4-3-5-7-11/h3-7,12-13H,2,8-10,15H2,1H3/t12?,13-/m0/s1. The van der Waals surface area contributed by atoms with Crippen molar-refractivity contribution < 1.29 is 4.79 Å². The molecule has 4 heteroatoms. The second-order valence-electron chi connectivity index (χ2n) is 4.57. The lowest BCUT2D eigenvalue weighted by molar-refractivity contribution is -0.132. The van der Waals surface area contributed by atoms with Crippen LogP contribution < -0.4 is 5.73 Å². The fourth-order valence-corrected chi connectivity index (χ4v) is 3.35. The second-order valence-corrected chi connectivity index (χ2v) is 5.98. The van der Waals surface area contributed by atoms with Crippen molar-refractivity contribution in [1.82, 2.24) is 4.90 Å². The summed E-state index contributed by atoms with van der Waals surface area (Å²) in [6.45, 7) is 3.82. The number of rotatable bonds is 3. The third-order valence-corrected chi connectivity index (χ3v) is 4.70. The van der Waals surface area contributed by atoms with Crippen molar-refractivity contribution in [2.75, 3.05) is 18.8 Å². The summed E-state index contributed by atoms with van der Waals surface area (Å²) < 4.78 is 0. The molecule has 98 valence electrons. The SMILES string of the molecule is CCC1CN(C(=O)[C@@H](N)c2ccccc2)CCS1. The summed E-state index contributed by atoms with van der Waals surface area (Å²) in [5.74, 6) is 1.08. The first-order valence-corrected chi connectivity index (χ1v) is 7.48. The molecule has 1 fully saturated rings. The highest BCUT2D eigenvalue weighted by Crippen LogP contribution is 2.23. The minimum absolute atomic E-state index is 0.0555. The number of hydrogen-bond acceptors (Lipinski definition) is 3. The summed E-state index contributed by atoms with van der Waals surface area (Å²) in [7, 11) is 0. The molecule has 0 aromatic heterocycles. The maximum atomic E-state index is 12.4. The van der Waals surface area contributed by atoms with Gasteiger partial charge in [-0.05, 0) is 12.0 Å². The highest BCUT2D eigenvalue weighted by molar-refractivity contribution is 8.00. The first-order chi connectivity index (χ1) is 8.72. The Bertz CT molecular complexity index is 396. The summed E-state index contributed by atoms with van der Waals surface area (Å²) in [6, 6.07) is 9.08. The Morgan fingerprint density at radius 2 is 2.22 bits per heavy atom. The molecule has 1 unspecified atom stereocenters. The fraction of sp³-hybridized carbons (Fsp3) is 0.500. The van der Waals surface area contributed by atoms with Gasteiger partial charge in [0.25, 0.3) is 0 Å². The van der Waals surface area contributed by atoms with Gasteiger partial charge in [-0.25, -0.2) is 0 Å². The zero-order chi connectivity index (χ0) is 13.0. The van der Waals surface area contributed by atoms with Crippen LogP contribution in [0.2, 0.25) is 0 Å². The Balaban J connectivity index is 2.02. The molecule has 3 nitrogen and oxygen atoms in total. The van der Waals surface area contributed by atoms with E-state index < -0.39 is 6.04 Å². The van der Waals surface area contributed by atoms with E-state index in [9.17, 15) is 4.79 Å². The van der Waals surface area contributed by atoms with Crippen LogP contribution in [0, 0.1) is 0 Å². The molecule has 18 heavy (non-hydrogen) atoms. The highest BCUT2D eigenvalue weighted by atomic mass is 32.2. The van der Waals surface area contributed by atoms with E-state index in [4.69, 9.17) is 5.73 Å². The van der Waals surface area contributed by atoms with Gasteiger partial charge in [-0.2, -0.15) is 11.8 Å². The van der Waals surface area contributed by atoms with E-state index in [-0.39, 0.29) is 5.91 Å². The maximum absolute atomic E-state index is 12.4. The number of carbonyl (C=O) groups is 1. The first-order valence-electron chi connectivity index (χ1n) is 6.43. The van der Waals surface area contributed by atoms with Gasteiger partial charge >= 0.3 is 0 Å². The zero-order valence-electron chi connectivity index (χ0n) is 10.7. The Kier molecular flexibility index (Phi) is 4.66. The molecule has 1 amide bonds. The monoisotopic (exact) mass is 264 g/mol. The zero-order valence-corrected chi connectivity index (χ0v) is 11.5. The van der Waals surface area contributed by atoms with E-state index in [2.05, 4.69) is 6.92 Å². The molecule has 2 rings (SSSR count). The summed E-state index contributed by atoms with van der Waals surface area (Å²) >= 11 is 1.96. The molecule has 1 aliphatic heterocycles. The number of thioether (sulfide) groups is 1. The summed E-state index contributed by atoms with van der Waals surface area (Å²) in [5, 5.41) is 0.561. The van der Waals surface area contributed by atoms with Crippen molar-refractivity contribution in [3.05, 3.63) is 35.9 Å². The number of nitrogens with two attached hydrogens (primary N) is 1. The van der Waals surface area contributed by atoms with Crippen LogP contribution in [0.5, 0.6) is 0 Å². The predicted octanol–water partition coefficient (Wildman–Crippen LogP) is 2.04. The van der Waals surface area contributed by atoms with Gasteiger partial charge in [-0.1, -0.05) is 37.3 Å². The summed E-state index contributed by atoms with van der Waals surface area (Å²) in [4.78, 5) is 14.3. The molecular formula is C14H20N2OS. The van der Waals surface area contributed by atoms with Gasteiger partial charge in [-0.15, -0.1) is 0 Å². The average Bonchev–Trinajstić information content (AvgIpc) is 2.46. The van der Waals surface area contributed by atoms with Crippen LogP contribution in [-0.2, 0) is 4.79 Å². The van der Waals surface area contributed by atoms with E-state index in [0.717, 1.165) is 30.8 Å². The second kappa shape index (κ2) is 6.25. The van der Waals surface area contributed by atoms with Gasteiger partial charge in [0.2, 0.25) is 5.91 Å². The van der Waals surface area contributed by atoms with Gasteiger partial charge in [0.15, 0.2) is 0 Å². The van der Waals surface area contributed by atoms with Gasteiger partial charge in [0, 0.05) is 24.1 Å². The third kappa shape index (κ3) is 3.06.